The zero-order chi connectivity index (χ0) is 60.9. The van der Waals surface area contributed by atoms with Crippen LogP contribution in [0.25, 0.3) is 0 Å². The molecule has 0 aliphatic heterocycles. The van der Waals surface area contributed by atoms with Gasteiger partial charge in [-0.15, -0.1) is 0 Å². The second kappa shape index (κ2) is 37.5. The Kier molecular flexibility index (Phi) is 34.6. The summed E-state index contributed by atoms with van der Waals surface area (Å²) in [5, 5.41) is 0. The molecule has 7 heteroatoms. The molecule has 0 saturated carbocycles. The minimum atomic E-state index is -2.50. The summed E-state index contributed by atoms with van der Waals surface area (Å²) in [6.45, 7) is 49.5. The van der Waals surface area contributed by atoms with Gasteiger partial charge in [0.2, 0.25) is 0 Å². The molecule has 0 aromatic heterocycles. The van der Waals surface area contributed by atoms with Crippen LogP contribution in [-0.4, -0.2) is 48.4 Å². The zero-order valence-corrected chi connectivity index (χ0v) is 65.8. The summed E-state index contributed by atoms with van der Waals surface area (Å²) in [4.78, 5) is 0. The third-order valence-corrected chi connectivity index (χ3v) is 89.7. The van der Waals surface area contributed by atoms with Crippen molar-refractivity contribution < 1.29 is 14.1 Å². The molecule has 0 heterocycles. The van der Waals surface area contributed by atoms with Gasteiger partial charge in [-0.2, -0.15) is 0 Å². The van der Waals surface area contributed by atoms with Crippen LogP contribution in [0, 0.1) is 0 Å². The Hall–Kier alpha value is -0.506. The molecule has 0 aliphatic rings. The summed E-state index contributed by atoms with van der Waals surface area (Å²) in [5.74, 6) is 0. The standard InChI is InChI=1S/3C25H47Si2.Cr/c3*1-7-18-26(19-8-2,20-9-3)25(24-16-14-13-15-17-24)27(21-10-4,22-11-5)23-12-6;/h3*13-17H,7-12,18-23H2,1-6H3;. The topological polar surface area (TPSA) is 0 Å². The Morgan fingerprint density at radius 2 is 0.305 bits per heavy atom. The van der Waals surface area contributed by atoms with Gasteiger partial charge in [-0.25, -0.2) is 0 Å². The van der Waals surface area contributed by atoms with E-state index in [0.29, 0.717) is 0 Å². The molecule has 0 radical (unpaired) electrons. The third-order valence-electron chi connectivity index (χ3n) is 22.1. The van der Waals surface area contributed by atoms with Crippen LogP contribution in [0.5, 0.6) is 0 Å². The molecule has 0 atom stereocenters. The van der Waals surface area contributed by atoms with Gasteiger partial charge in [-0.05, 0) is 0 Å². The maximum absolute atomic E-state index is 3.05. The van der Waals surface area contributed by atoms with Crippen molar-refractivity contribution in [2.45, 2.75) is 360 Å². The van der Waals surface area contributed by atoms with Crippen molar-refractivity contribution >= 4 is 48.4 Å². The number of benzene rings is 3. The van der Waals surface area contributed by atoms with Crippen molar-refractivity contribution in [3.8, 4) is 0 Å². The van der Waals surface area contributed by atoms with Crippen LogP contribution >= 0.6 is 0 Å². The van der Waals surface area contributed by atoms with E-state index in [0.717, 1.165) is 0 Å². The summed E-state index contributed by atoms with van der Waals surface area (Å²) < 4.78 is 0.788. The van der Waals surface area contributed by atoms with E-state index in [1.165, 1.54) is 116 Å². The molecule has 471 valence electrons. The van der Waals surface area contributed by atoms with Gasteiger partial charge in [-0.1, -0.05) is 0 Å². The molecule has 0 fully saturated rings. The zero-order valence-electron chi connectivity index (χ0n) is 58.5. The minimum absolute atomic E-state index is 0.263. The van der Waals surface area contributed by atoms with Gasteiger partial charge in [0.1, 0.15) is 0 Å². The van der Waals surface area contributed by atoms with Crippen molar-refractivity contribution in [3.05, 3.63) is 108 Å². The molecule has 3 aromatic carbocycles. The molecule has 0 nitrogen and oxygen atoms in total. The summed E-state index contributed by atoms with van der Waals surface area (Å²) >= 11 is -2.29. The van der Waals surface area contributed by atoms with Crippen LogP contribution in [0.15, 0.2) is 91.0 Å². The summed E-state index contributed by atoms with van der Waals surface area (Å²) in [6.07, 6.45) is 24.7. The quantitative estimate of drug-likeness (QED) is 0.0494. The predicted octanol–water partition coefficient (Wildman–Crippen LogP) is 26.6. The van der Waals surface area contributed by atoms with Crippen LogP contribution in [0.2, 0.25) is 109 Å². The fourth-order valence-corrected chi connectivity index (χ4v) is 115. The van der Waals surface area contributed by atoms with E-state index in [-0.39, 0.29) is 10.6 Å². The van der Waals surface area contributed by atoms with E-state index in [9.17, 15) is 0 Å². The van der Waals surface area contributed by atoms with Gasteiger partial charge < -0.3 is 0 Å². The van der Waals surface area contributed by atoms with Crippen molar-refractivity contribution in [1.82, 2.24) is 0 Å². The monoisotopic (exact) mass is 1260 g/mol. The first kappa shape index (κ1) is 75.7. The van der Waals surface area contributed by atoms with Gasteiger partial charge >= 0.3 is 530 Å². The molecule has 82 heavy (non-hydrogen) atoms. The van der Waals surface area contributed by atoms with Gasteiger partial charge in [0, 0.05) is 0 Å². The Bertz CT molecular complexity index is 1670. The van der Waals surface area contributed by atoms with Crippen LogP contribution in [-0.2, 0) is 24.7 Å². The van der Waals surface area contributed by atoms with Crippen molar-refractivity contribution in [2.75, 3.05) is 0 Å². The van der Waals surface area contributed by atoms with Crippen LogP contribution < -0.4 is 0 Å². The second-order valence-corrected chi connectivity index (χ2v) is 65.4. The van der Waals surface area contributed by atoms with E-state index in [1.54, 1.807) is 109 Å². The molecule has 0 saturated heterocycles. The molecule has 0 spiro atoms. The fourth-order valence-electron chi connectivity index (χ4n) is 21.9. The Morgan fingerprint density at radius 3 is 0.402 bits per heavy atom. The fraction of sp³-hybridized carbons (Fsp3) is 0.760. The van der Waals surface area contributed by atoms with Gasteiger partial charge in [0.25, 0.3) is 0 Å². The van der Waals surface area contributed by atoms with Crippen LogP contribution in [0.4, 0.5) is 0 Å². The van der Waals surface area contributed by atoms with Crippen LogP contribution in [0.3, 0.4) is 0 Å². The van der Waals surface area contributed by atoms with E-state index in [2.05, 4.69) is 216 Å². The second-order valence-electron chi connectivity index (χ2n) is 27.6. The first-order chi connectivity index (χ1) is 39.8. The van der Waals surface area contributed by atoms with Gasteiger partial charge in [0.15, 0.2) is 0 Å². The first-order valence-electron chi connectivity index (χ1n) is 36.7. The van der Waals surface area contributed by atoms with Crippen molar-refractivity contribution in [3.63, 3.8) is 0 Å². The Labute approximate surface area is 525 Å². The average Bonchev–Trinajstić information content (AvgIpc) is 1.71. The van der Waals surface area contributed by atoms with Crippen molar-refractivity contribution in [2.24, 2.45) is 0 Å². The Morgan fingerprint density at radius 1 is 0.195 bits per heavy atom. The maximum atomic E-state index is 3.05. The molecular weight excluding hydrogens is 1120 g/mol. The molecule has 3 rings (SSSR count). The predicted molar refractivity (Wildman–Crippen MR) is 391 cm³/mol. The van der Waals surface area contributed by atoms with Gasteiger partial charge in [-0.3, -0.25) is 0 Å². The molecule has 0 amide bonds. The van der Waals surface area contributed by atoms with E-state index >= 15 is 0 Å². The summed E-state index contributed by atoms with van der Waals surface area (Å²) in [5.41, 5.74) is 6.10. The van der Waals surface area contributed by atoms with E-state index in [1.807, 2.05) is 16.7 Å². The SMILES string of the molecule is CCC[Si](CCC)(CCC)[C](c1ccccc1)([Cr]([C](c1ccccc1)([Si](CCC)(CCC)CCC)[Si](CCC)(CCC)CCC)[C](c1ccccc1)([Si](CCC)(CCC)CCC)[Si](CCC)(CCC)CCC)[Si](CCC)(CCC)CCC. The third kappa shape index (κ3) is 14.2. The molecule has 0 bridgehead atoms. The van der Waals surface area contributed by atoms with E-state index < -0.39 is 62.6 Å². The molecule has 0 N–H and O–H groups in total. The summed E-state index contributed by atoms with van der Waals surface area (Å²) in [7, 11) is -15.0. The van der Waals surface area contributed by atoms with E-state index in [4.69, 9.17) is 0 Å². The number of rotatable bonds is 48. The number of hydrogen-bond acceptors (Lipinski definition) is 0. The van der Waals surface area contributed by atoms with Gasteiger partial charge in [0.05, 0.1) is 0 Å². The number of hydrogen-bond donors (Lipinski definition) is 0. The molecule has 3 aromatic rings. The summed E-state index contributed by atoms with van der Waals surface area (Å²) in [6, 6.07) is 70.0. The Balaban J connectivity index is 3.95. The average molecular weight is 1260 g/mol. The molecular formula is C75H141CrSi6. The first-order valence-corrected chi connectivity index (χ1v) is 54.3. The molecule has 0 aliphatic carbocycles. The van der Waals surface area contributed by atoms with Crippen LogP contribution in [0.1, 0.15) is 257 Å². The molecule has 0 unspecified atom stereocenters. The normalized spacial score (nSPS) is 13.6. The van der Waals surface area contributed by atoms with Crippen molar-refractivity contribution in [1.29, 1.82) is 0 Å².